The van der Waals surface area contributed by atoms with E-state index in [0.29, 0.717) is 26.1 Å². The zero-order valence-electron chi connectivity index (χ0n) is 9.92. The van der Waals surface area contributed by atoms with E-state index in [0.717, 1.165) is 25.8 Å². The Labute approximate surface area is 96.6 Å². The largest absolute Gasteiger partial charge is 0.341 e. The molecule has 0 saturated carbocycles. The Balaban J connectivity index is 2.09. The van der Waals surface area contributed by atoms with Crippen LogP contribution in [0.5, 0.6) is 0 Å². The Bertz CT molecular complexity index is 243. The minimum atomic E-state index is -0.147. The monoisotopic (exact) mass is 227 g/mol. The molecule has 0 bridgehead atoms. The molecular formula is C11H21N3O2. The number of likely N-dealkylation sites (tertiary alicyclic amines) is 1. The summed E-state index contributed by atoms with van der Waals surface area (Å²) in [6.45, 7) is 4.68. The van der Waals surface area contributed by atoms with Gasteiger partial charge in [-0.2, -0.15) is 0 Å². The average Bonchev–Trinajstić information content (AvgIpc) is 2.29. The topological polar surface area (TPSA) is 61.4 Å². The first-order valence-corrected chi connectivity index (χ1v) is 6.03. The summed E-state index contributed by atoms with van der Waals surface area (Å²) in [5, 5.41) is 5.47. The van der Waals surface area contributed by atoms with Gasteiger partial charge in [-0.15, -0.1) is 0 Å². The fraction of sp³-hybridized carbons (Fsp3) is 0.818. The lowest BCUT2D eigenvalue weighted by atomic mass is 10.1. The second-order valence-electron chi connectivity index (χ2n) is 4.02. The maximum Gasteiger partial charge on any atom is 0.314 e. The molecule has 5 heteroatoms. The third kappa shape index (κ3) is 4.51. The first-order chi connectivity index (χ1) is 7.74. The molecule has 1 aliphatic rings. The molecule has 2 N–H and O–H groups in total. The van der Waals surface area contributed by atoms with Crippen LogP contribution in [-0.4, -0.2) is 43.0 Å². The molecule has 0 unspecified atom stereocenters. The quantitative estimate of drug-likeness (QED) is 0.726. The number of carbonyl (C=O) groups excluding carboxylic acids is 2. The number of urea groups is 1. The summed E-state index contributed by atoms with van der Waals surface area (Å²) in [5.41, 5.74) is 0. The number of nitrogens with one attached hydrogen (secondary N) is 2. The van der Waals surface area contributed by atoms with Gasteiger partial charge in [0.15, 0.2) is 0 Å². The second kappa shape index (κ2) is 7.09. The predicted octanol–water partition coefficient (Wildman–Crippen LogP) is 0.708. The van der Waals surface area contributed by atoms with E-state index < -0.39 is 0 Å². The van der Waals surface area contributed by atoms with Crippen molar-refractivity contribution in [2.75, 3.05) is 26.2 Å². The second-order valence-corrected chi connectivity index (χ2v) is 4.02. The third-order valence-corrected chi connectivity index (χ3v) is 2.62. The Morgan fingerprint density at radius 3 is 2.75 bits per heavy atom. The number of rotatable bonds is 5. The highest BCUT2D eigenvalue weighted by molar-refractivity contribution is 5.77. The van der Waals surface area contributed by atoms with Crippen LogP contribution >= 0.6 is 0 Å². The van der Waals surface area contributed by atoms with E-state index in [2.05, 4.69) is 10.6 Å². The molecule has 0 aliphatic carbocycles. The molecule has 0 aromatic carbocycles. The number of piperidine rings is 1. The molecule has 5 nitrogen and oxygen atoms in total. The number of carbonyl (C=O) groups is 2. The normalized spacial score (nSPS) is 16.1. The highest BCUT2D eigenvalue weighted by Gasteiger charge is 2.17. The lowest BCUT2D eigenvalue weighted by Gasteiger charge is -2.26. The highest BCUT2D eigenvalue weighted by atomic mass is 16.2. The fourth-order valence-electron chi connectivity index (χ4n) is 1.70. The van der Waals surface area contributed by atoms with Gasteiger partial charge in [-0.05, 0) is 19.3 Å². The van der Waals surface area contributed by atoms with Crippen molar-refractivity contribution in [2.24, 2.45) is 0 Å². The Morgan fingerprint density at radius 2 is 2.06 bits per heavy atom. The van der Waals surface area contributed by atoms with Crippen LogP contribution in [0.15, 0.2) is 0 Å². The number of nitrogens with zero attached hydrogens (tertiary/aromatic N) is 1. The van der Waals surface area contributed by atoms with Crippen LogP contribution in [0.3, 0.4) is 0 Å². The Hall–Kier alpha value is -1.26. The molecule has 0 spiro atoms. The van der Waals surface area contributed by atoms with Crippen molar-refractivity contribution >= 4 is 11.9 Å². The van der Waals surface area contributed by atoms with Crippen LogP contribution < -0.4 is 10.6 Å². The van der Waals surface area contributed by atoms with Crippen LogP contribution in [-0.2, 0) is 4.79 Å². The van der Waals surface area contributed by atoms with Crippen molar-refractivity contribution in [2.45, 2.75) is 32.6 Å². The van der Waals surface area contributed by atoms with Gasteiger partial charge in [-0.1, -0.05) is 6.92 Å². The van der Waals surface area contributed by atoms with Crippen molar-refractivity contribution in [3.05, 3.63) is 0 Å². The summed E-state index contributed by atoms with van der Waals surface area (Å²) < 4.78 is 0. The van der Waals surface area contributed by atoms with Gasteiger partial charge in [0.05, 0.1) is 0 Å². The summed E-state index contributed by atoms with van der Waals surface area (Å²) in [4.78, 5) is 24.5. The van der Waals surface area contributed by atoms with Crippen LogP contribution in [0.25, 0.3) is 0 Å². The number of hydrogen-bond acceptors (Lipinski definition) is 2. The smallest absolute Gasteiger partial charge is 0.314 e. The van der Waals surface area contributed by atoms with Crippen molar-refractivity contribution < 1.29 is 9.59 Å². The molecule has 1 rings (SSSR count). The maximum atomic E-state index is 11.4. The van der Waals surface area contributed by atoms with Gasteiger partial charge < -0.3 is 15.5 Å². The van der Waals surface area contributed by atoms with Gasteiger partial charge in [-0.3, -0.25) is 4.79 Å². The number of amides is 3. The van der Waals surface area contributed by atoms with E-state index in [-0.39, 0.29) is 11.9 Å². The molecule has 0 atom stereocenters. The summed E-state index contributed by atoms with van der Waals surface area (Å²) in [6, 6.07) is -0.147. The Kier molecular flexibility index (Phi) is 5.67. The zero-order valence-corrected chi connectivity index (χ0v) is 9.92. The Morgan fingerprint density at radius 1 is 1.31 bits per heavy atom. The van der Waals surface area contributed by atoms with E-state index >= 15 is 0 Å². The molecule has 0 radical (unpaired) electrons. The van der Waals surface area contributed by atoms with Crippen LogP contribution in [0.2, 0.25) is 0 Å². The first kappa shape index (κ1) is 12.8. The van der Waals surface area contributed by atoms with Gasteiger partial charge in [0.2, 0.25) is 5.91 Å². The fourth-order valence-corrected chi connectivity index (χ4v) is 1.70. The maximum absolute atomic E-state index is 11.4. The number of hydrogen-bond donors (Lipinski definition) is 2. The van der Waals surface area contributed by atoms with Crippen molar-refractivity contribution in [1.29, 1.82) is 0 Å². The van der Waals surface area contributed by atoms with E-state index in [4.69, 9.17) is 0 Å². The summed E-state index contributed by atoms with van der Waals surface area (Å²) >= 11 is 0. The van der Waals surface area contributed by atoms with Crippen LogP contribution in [0.1, 0.15) is 32.6 Å². The summed E-state index contributed by atoms with van der Waals surface area (Å²) in [5.74, 6) is 0.210. The van der Waals surface area contributed by atoms with Gasteiger partial charge in [0.1, 0.15) is 0 Å². The molecule has 1 heterocycles. The minimum absolute atomic E-state index is 0.147. The lowest BCUT2D eigenvalue weighted by Crippen LogP contribution is -2.43. The zero-order chi connectivity index (χ0) is 11.8. The molecule has 1 saturated heterocycles. The average molecular weight is 227 g/mol. The molecule has 92 valence electrons. The van der Waals surface area contributed by atoms with E-state index in [1.807, 2.05) is 11.8 Å². The van der Waals surface area contributed by atoms with Crippen molar-refractivity contribution in [3.63, 3.8) is 0 Å². The van der Waals surface area contributed by atoms with Gasteiger partial charge >= 0.3 is 6.03 Å². The highest BCUT2D eigenvalue weighted by Crippen LogP contribution is 2.09. The lowest BCUT2D eigenvalue weighted by molar-refractivity contribution is -0.133. The SMILES string of the molecule is CCCNC(=O)NCCN1CCCCC1=O. The minimum Gasteiger partial charge on any atom is -0.341 e. The van der Waals surface area contributed by atoms with E-state index in [1.54, 1.807) is 0 Å². The molecule has 1 aliphatic heterocycles. The van der Waals surface area contributed by atoms with E-state index in [1.165, 1.54) is 0 Å². The van der Waals surface area contributed by atoms with Gasteiger partial charge in [0, 0.05) is 32.6 Å². The molecular weight excluding hydrogens is 206 g/mol. The summed E-state index contributed by atoms with van der Waals surface area (Å²) in [7, 11) is 0. The van der Waals surface area contributed by atoms with Crippen molar-refractivity contribution in [3.8, 4) is 0 Å². The first-order valence-electron chi connectivity index (χ1n) is 6.03. The molecule has 1 fully saturated rings. The predicted molar refractivity (Wildman–Crippen MR) is 62.1 cm³/mol. The van der Waals surface area contributed by atoms with Crippen LogP contribution in [0.4, 0.5) is 4.79 Å². The van der Waals surface area contributed by atoms with Crippen molar-refractivity contribution in [1.82, 2.24) is 15.5 Å². The summed E-state index contributed by atoms with van der Waals surface area (Å²) in [6.07, 6.45) is 3.66. The standard InChI is InChI=1S/C11H21N3O2/c1-2-6-12-11(16)13-7-9-14-8-4-3-5-10(14)15/h2-9H2,1H3,(H2,12,13,16). The molecule has 16 heavy (non-hydrogen) atoms. The molecule has 3 amide bonds. The molecule has 0 aromatic heterocycles. The van der Waals surface area contributed by atoms with Gasteiger partial charge in [0.25, 0.3) is 0 Å². The van der Waals surface area contributed by atoms with E-state index in [9.17, 15) is 9.59 Å². The molecule has 0 aromatic rings. The van der Waals surface area contributed by atoms with Crippen LogP contribution in [0, 0.1) is 0 Å². The van der Waals surface area contributed by atoms with Gasteiger partial charge in [-0.25, -0.2) is 4.79 Å². The third-order valence-electron chi connectivity index (χ3n) is 2.62.